The van der Waals surface area contributed by atoms with Crippen LogP contribution < -0.4 is 15.8 Å². The predicted molar refractivity (Wildman–Crippen MR) is 73.1 cm³/mol. The highest BCUT2D eigenvalue weighted by Crippen LogP contribution is 2.17. The van der Waals surface area contributed by atoms with Crippen molar-refractivity contribution < 1.29 is 0 Å². The van der Waals surface area contributed by atoms with E-state index in [1.807, 2.05) is 6.92 Å². The van der Waals surface area contributed by atoms with E-state index in [2.05, 4.69) is 27.1 Å². The molecule has 5 nitrogen and oxygen atoms in total. The van der Waals surface area contributed by atoms with Gasteiger partial charge in [-0.15, -0.1) is 0 Å². The minimum Gasteiger partial charge on any atom is -0.352 e. The van der Waals surface area contributed by atoms with Crippen LogP contribution in [-0.2, 0) is 6.42 Å². The quantitative estimate of drug-likeness (QED) is 0.815. The number of hydrogen-bond donors (Lipinski definition) is 2. The van der Waals surface area contributed by atoms with Crippen LogP contribution >= 0.6 is 0 Å². The van der Waals surface area contributed by atoms with E-state index in [0.717, 1.165) is 50.5 Å². The molecule has 0 bridgehead atoms. The topological polar surface area (TPSA) is 61.0 Å². The van der Waals surface area contributed by atoms with Crippen LogP contribution in [0.1, 0.15) is 32.5 Å². The number of anilines is 1. The Morgan fingerprint density at radius 2 is 2.33 bits per heavy atom. The van der Waals surface area contributed by atoms with Crippen LogP contribution in [0.5, 0.6) is 0 Å². The van der Waals surface area contributed by atoms with Crippen LogP contribution in [0.25, 0.3) is 0 Å². The van der Waals surface area contributed by atoms with Gasteiger partial charge in [0, 0.05) is 31.6 Å². The van der Waals surface area contributed by atoms with Crippen LogP contribution in [0, 0.1) is 0 Å². The Morgan fingerprint density at radius 3 is 2.94 bits per heavy atom. The van der Waals surface area contributed by atoms with E-state index in [1.165, 1.54) is 0 Å². The van der Waals surface area contributed by atoms with Crippen molar-refractivity contribution in [1.82, 2.24) is 15.3 Å². The smallest absolute Gasteiger partial charge is 0.252 e. The molecule has 5 heteroatoms. The molecule has 100 valence electrons. The van der Waals surface area contributed by atoms with E-state index in [4.69, 9.17) is 0 Å². The van der Waals surface area contributed by atoms with E-state index >= 15 is 0 Å². The average molecular weight is 250 g/mol. The minimum atomic E-state index is -0.0519. The average Bonchev–Trinajstić information content (AvgIpc) is 2.88. The van der Waals surface area contributed by atoms with Crippen LogP contribution in [0.4, 0.5) is 5.82 Å². The van der Waals surface area contributed by atoms with Gasteiger partial charge in [0.1, 0.15) is 11.6 Å². The molecule has 2 N–H and O–H groups in total. The third kappa shape index (κ3) is 2.90. The summed E-state index contributed by atoms with van der Waals surface area (Å²) in [6.45, 7) is 7.14. The summed E-state index contributed by atoms with van der Waals surface area (Å²) in [6, 6.07) is 2.08. The Hall–Kier alpha value is -1.36. The first-order valence-electron chi connectivity index (χ1n) is 6.82. The number of nitrogens with one attached hydrogen (secondary N) is 2. The van der Waals surface area contributed by atoms with Crippen molar-refractivity contribution in [1.29, 1.82) is 0 Å². The molecule has 1 unspecified atom stereocenters. The summed E-state index contributed by atoms with van der Waals surface area (Å²) < 4.78 is 0. The zero-order valence-corrected chi connectivity index (χ0v) is 11.2. The van der Waals surface area contributed by atoms with Gasteiger partial charge in [-0.1, -0.05) is 13.8 Å². The molecule has 1 aromatic rings. The van der Waals surface area contributed by atoms with Crippen molar-refractivity contribution in [3.63, 3.8) is 0 Å². The minimum absolute atomic E-state index is 0.0519. The molecular formula is C13H22N4O. The maximum absolute atomic E-state index is 11.7. The van der Waals surface area contributed by atoms with Gasteiger partial charge >= 0.3 is 0 Å². The molecule has 2 heterocycles. The fraction of sp³-hybridized carbons (Fsp3) is 0.692. The third-order valence-electron chi connectivity index (χ3n) is 3.35. The Bertz CT molecular complexity index is 437. The number of nitrogens with zero attached hydrogens (tertiary/aromatic N) is 2. The lowest BCUT2D eigenvalue weighted by atomic mass is 10.2. The Labute approximate surface area is 108 Å². The number of rotatable bonds is 5. The lowest BCUT2D eigenvalue weighted by Gasteiger charge is -2.29. The molecule has 0 amide bonds. The number of aromatic amines is 1. The second-order valence-electron chi connectivity index (χ2n) is 4.74. The van der Waals surface area contributed by atoms with E-state index in [0.29, 0.717) is 6.04 Å². The van der Waals surface area contributed by atoms with Gasteiger partial charge in [0.15, 0.2) is 0 Å². The first-order chi connectivity index (χ1) is 8.74. The molecule has 1 saturated heterocycles. The molecule has 0 spiro atoms. The van der Waals surface area contributed by atoms with E-state index in [-0.39, 0.29) is 5.56 Å². The maximum Gasteiger partial charge on any atom is 0.252 e. The molecule has 1 fully saturated rings. The molecule has 1 atom stereocenters. The highest BCUT2D eigenvalue weighted by Gasteiger charge is 2.23. The second kappa shape index (κ2) is 6.00. The van der Waals surface area contributed by atoms with Gasteiger partial charge in [-0.3, -0.25) is 4.79 Å². The summed E-state index contributed by atoms with van der Waals surface area (Å²) in [5, 5.41) is 3.37. The van der Waals surface area contributed by atoms with E-state index < -0.39 is 0 Å². The molecule has 1 aliphatic heterocycles. The van der Waals surface area contributed by atoms with Crippen molar-refractivity contribution >= 4 is 5.82 Å². The Kier molecular flexibility index (Phi) is 4.36. The Morgan fingerprint density at radius 1 is 1.50 bits per heavy atom. The number of hydrogen-bond acceptors (Lipinski definition) is 4. The molecule has 0 aliphatic carbocycles. The van der Waals surface area contributed by atoms with Gasteiger partial charge in [-0.2, -0.15) is 0 Å². The first kappa shape index (κ1) is 13.1. The third-order valence-corrected chi connectivity index (χ3v) is 3.35. The summed E-state index contributed by atoms with van der Waals surface area (Å²) in [7, 11) is 0. The number of H-pyrrole nitrogens is 1. The lowest BCUT2D eigenvalue weighted by Crippen LogP contribution is -2.39. The highest BCUT2D eigenvalue weighted by molar-refractivity contribution is 5.39. The van der Waals surface area contributed by atoms with Crippen molar-refractivity contribution in [2.75, 3.05) is 24.5 Å². The van der Waals surface area contributed by atoms with Crippen molar-refractivity contribution in [2.24, 2.45) is 0 Å². The van der Waals surface area contributed by atoms with Crippen molar-refractivity contribution in [2.45, 2.75) is 39.2 Å². The number of aromatic nitrogens is 2. The molecule has 18 heavy (non-hydrogen) atoms. The SMILES string of the molecule is CCCN(c1cc(=O)[nH]c(CC)n1)C1CCNC1. The lowest BCUT2D eigenvalue weighted by molar-refractivity contribution is 0.615. The van der Waals surface area contributed by atoms with Crippen LogP contribution in [-0.4, -0.2) is 35.6 Å². The van der Waals surface area contributed by atoms with Crippen molar-refractivity contribution in [3.05, 3.63) is 22.2 Å². The van der Waals surface area contributed by atoms with Gasteiger partial charge in [0.2, 0.25) is 0 Å². The second-order valence-corrected chi connectivity index (χ2v) is 4.74. The monoisotopic (exact) mass is 250 g/mol. The summed E-state index contributed by atoms with van der Waals surface area (Å²) in [6.07, 6.45) is 2.94. The fourth-order valence-corrected chi connectivity index (χ4v) is 2.44. The largest absolute Gasteiger partial charge is 0.352 e. The summed E-state index contributed by atoms with van der Waals surface area (Å²) in [5.41, 5.74) is -0.0519. The summed E-state index contributed by atoms with van der Waals surface area (Å²) >= 11 is 0. The molecule has 0 radical (unpaired) electrons. The van der Waals surface area contributed by atoms with Crippen LogP contribution in [0.2, 0.25) is 0 Å². The Balaban J connectivity index is 2.28. The molecule has 0 saturated carbocycles. The molecule has 1 aromatic heterocycles. The zero-order chi connectivity index (χ0) is 13.0. The zero-order valence-electron chi connectivity index (χ0n) is 11.2. The van der Waals surface area contributed by atoms with Crippen LogP contribution in [0.15, 0.2) is 10.9 Å². The standard InChI is InChI=1S/C13H22N4O/c1-3-7-17(10-5-6-14-9-10)12-8-13(18)16-11(4-2)15-12/h8,10,14H,3-7,9H2,1-2H3,(H,15,16,18). The summed E-state index contributed by atoms with van der Waals surface area (Å²) in [4.78, 5) is 21.3. The maximum atomic E-state index is 11.7. The van der Waals surface area contributed by atoms with E-state index in [9.17, 15) is 4.79 Å². The molecule has 2 rings (SSSR count). The normalized spacial score (nSPS) is 19.1. The van der Waals surface area contributed by atoms with Gasteiger partial charge < -0.3 is 15.2 Å². The number of aryl methyl sites for hydroxylation is 1. The van der Waals surface area contributed by atoms with E-state index in [1.54, 1.807) is 6.07 Å². The van der Waals surface area contributed by atoms with Gasteiger partial charge in [0.05, 0.1) is 0 Å². The van der Waals surface area contributed by atoms with Crippen LogP contribution in [0.3, 0.4) is 0 Å². The molecule has 1 aliphatic rings. The first-order valence-corrected chi connectivity index (χ1v) is 6.82. The van der Waals surface area contributed by atoms with Crippen molar-refractivity contribution in [3.8, 4) is 0 Å². The molecular weight excluding hydrogens is 228 g/mol. The van der Waals surface area contributed by atoms with Gasteiger partial charge in [0.25, 0.3) is 5.56 Å². The highest BCUT2D eigenvalue weighted by atomic mass is 16.1. The molecule has 0 aromatic carbocycles. The van der Waals surface area contributed by atoms with Gasteiger partial charge in [-0.25, -0.2) is 4.98 Å². The fourth-order valence-electron chi connectivity index (χ4n) is 2.44. The summed E-state index contributed by atoms with van der Waals surface area (Å²) in [5.74, 6) is 1.59. The van der Waals surface area contributed by atoms with Gasteiger partial charge in [-0.05, 0) is 19.4 Å². The predicted octanol–water partition coefficient (Wildman–Crippen LogP) is 0.911.